The second-order valence-electron chi connectivity index (χ2n) is 4.13. The molecule has 0 aliphatic rings. The zero-order chi connectivity index (χ0) is 15.1. The first kappa shape index (κ1) is 15.0. The summed E-state index contributed by atoms with van der Waals surface area (Å²) in [7, 11) is 0. The molecule has 1 heterocycles. The van der Waals surface area contributed by atoms with Gasteiger partial charge in [-0.25, -0.2) is 9.78 Å². The molecule has 1 aromatic heterocycles. The molecule has 0 aliphatic carbocycles. The summed E-state index contributed by atoms with van der Waals surface area (Å²) in [5.74, 6) is -0.634. The Morgan fingerprint density at radius 1 is 1.29 bits per heavy atom. The van der Waals surface area contributed by atoms with Gasteiger partial charge in [-0.2, -0.15) is 0 Å². The van der Waals surface area contributed by atoms with E-state index in [0.717, 1.165) is 0 Å². The zero-order valence-corrected chi connectivity index (χ0v) is 11.9. The van der Waals surface area contributed by atoms with Crippen LogP contribution in [0.5, 0.6) is 5.75 Å². The van der Waals surface area contributed by atoms with Crippen molar-refractivity contribution in [2.45, 2.75) is 6.42 Å². The number of hydrogen-bond donors (Lipinski definition) is 2. The minimum atomic E-state index is -1.04. The van der Waals surface area contributed by atoms with Crippen LogP contribution in [-0.2, 0) is 11.2 Å². The molecule has 0 saturated carbocycles. The van der Waals surface area contributed by atoms with Crippen LogP contribution in [0.25, 0.3) is 0 Å². The fraction of sp³-hybridized carbons (Fsp3) is 0.214. The number of carbonyl (C=O) groups excluding carboxylic acids is 1. The topological polar surface area (TPSA) is 88.5 Å². The largest absolute Gasteiger partial charge is 0.484 e. The van der Waals surface area contributed by atoms with Crippen LogP contribution in [0.3, 0.4) is 0 Å². The molecular weight excluding hydrogens is 292 g/mol. The highest BCUT2D eigenvalue weighted by Crippen LogP contribution is 2.10. The smallest absolute Gasteiger partial charge is 0.355 e. The van der Waals surface area contributed by atoms with E-state index in [1.54, 1.807) is 12.1 Å². The average Bonchev–Trinajstić information content (AvgIpc) is 2.95. The number of para-hydroxylation sites is 1. The van der Waals surface area contributed by atoms with Crippen molar-refractivity contribution in [2.24, 2.45) is 0 Å². The second-order valence-corrected chi connectivity index (χ2v) is 5.08. The van der Waals surface area contributed by atoms with Gasteiger partial charge in [0.15, 0.2) is 12.3 Å². The van der Waals surface area contributed by atoms with Gasteiger partial charge in [-0.15, -0.1) is 11.3 Å². The molecule has 110 valence electrons. The third-order valence-electron chi connectivity index (χ3n) is 2.55. The molecule has 0 radical (unpaired) electrons. The number of carbonyl (C=O) groups is 2. The summed E-state index contributed by atoms with van der Waals surface area (Å²) >= 11 is 1.27. The fourth-order valence-corrected chi connectivity index (χ4v) is 2.32. The molecule has 2 aromatic rings. The van der Waals surface area contributed by atoms with Crippen molar-refractivity contribution < 1.29 is 19.4 Å². The summed E-state index contributed by atoms with van der Waals surface area (Å²) in [5, 5.41) is 13.6. The number of amides is 1. The van der Waals surface area contributed by atoms with Crippen LogP contribution in [0.15, 0.2) is 35.7 Å². The molecule has 2 N–H and O–H groups in total. The number of hydrogen-bond acceptors (Lipinski definition) is 5. The molecule has 0 unspecified atom stereocenters. The van der Waals surface area contributed by atoms with Gasteiger partial charge in [0.25, 0.3) is 5.91 Å². The van der Waals surface area contributed by atoms with E-state index in [4.69, 9.17) is 9.84 Å². The van der Waals surface area contributed by atoms with Crippen molar-refractivity contribution >= 4 is 23.2 Å². The van der Waals surface area contributed by atoms with Crippen LogP contribution in [-0.4, -0.2) is 35.1 Å². The van der Waals surface area contributed by atoms with Gasteiger partial charge >= 0.3 is 5.97 Å². The Kier molecular flexibility index (Phi) is 5.28. The summed E-state index contributed by atoms with van der Waals surface area (Å²) in [6.45, 7) is 0.339. The van der Waals surface area contributed by atoms with Crippen LogP contribution < -0.4 is 10.1 Å². The molecule has 0 aliphatic heterocycles. The van der Waals surface area contributed by atoms with Crippen LogP contribution in [0.2, 0.25) is 0 Å². The molecule has 0 bridgehead atoms. The maximum Gasteiger partial charge on any atom is 0.355 e. The molecule has 2 rings (SSSR count). The first-order chi connectivity index (χ1) is 10.1. The normalized spacial score (nSPS) is 10.1. The van der Waals surface area contributed by atoms with Crippen LogP contribution >= 0.6 is 11.3 Å². The molecule has 0 fully saturated rings. The Bertz CT molecular complexity index is 612. The minimum absolute atomic E-state index is 0.0359. The summed E-state index contributed by atoms with van der Waals surface area (Å²) in [6.07, 6.45) is 0.495. The monoisotopic (exact) mass is 306 g/mol. The van der Waals surface area contributed by atoms with E-state index in [1.165, 1.54) is 16.7 Å². The maximum atomic E-state index is 11.6. The van der Waals surface area contributed by atoms with Crippen LogP contribution in [0.4, 0.5) is 0 Å². The van der Waals surface area contributed by atoms with E-state index in [1.807, 2.05) is 18.2 Å². The number of ether oxygens (including phenoxy) is 1. The van der Waals surface area contributed by atoms with E-state index >= 15 is 0 Å². The van der Waals surface area contributed by atoms with Gasteiger partial charge in [0, 0.05) is 18.3 Å². The van der Waals surface area contributed by atoms with Gasteiger partial charge in [0.2, 0.25) is 0 Å². The summed E-state index contributed by atoms with van der Waals surface area (Å²) in [6, 6.07) is 9.07. The number of nitrogens with one attached hydrogen (secondary N) is 1. The quantitative estimate of drug-likeness (QED) is 0.811. The van der Waals surface area contributed by atoms with Gasteiger partial charge in [0.1, 0.15) is 5.75 Å². The minimum Gasteiger partial charge on any atom is -0.484 e. The third kappa shape index (κ3) is 4.88. The SMILES string of the molecule is O=C(COc1ccccc1)NCCc1nc(C(=O)O)cs1. The van der Waals surface area contributed by atoms with Crippen LogP contribution in [0, 0.1) is 0 Å². The van der Waals surface area contributed by atoms with Crippen molar-refractivity contribution in [3.8, 4) is 5.75 Å². The lowest BCUT2D eigenvalue weighted by Crippen LogP contribution is -2.30. The number of carboxylic acids is 1. The number of aromatic nitrogens is 1. The van der Waals surface area contributed by atoms with Crippen molar-refractivity contribution in [1.29, 1.82) is 0 Å². The van der Waals surface area contributed by atoms with Gasteiger partial charge in [-0.3, -0.25) is 4.79 Å². The standard InChI is InChI=1S/C14H14N2O4S/c17-12(8-20-10-4-2-1-3-5-10)15-7-6-13-16-11(9-21-13)14(18)19/h1-5,9H,6-8H2,(H,15,17)(H,18,19). The maximum absolute atomic E-state index is 11.6. The highest BCUT2D eigenvalue weighted by molar-refractivity contribution is 7.09. The average molecular weight is 306 g/mol. The third-order valence-corrected chi connectivity index (χ3v) is 3.45. The zero-order valence-electron chi connectivity index (χ0n) is 11.1. The molecule has 1 aromatic carbocycles. The van der Waals surface area contributed by atoms with Gasteiger partial charge in [-0.05, 0) is 12.1 Å². The number of aromatic carboxylic acids is 1. The molecule has 0 saturated heterocycles. The van der Waals surface area contributed by atoms with Crippen molar-refractivity contribution in [1.82, 2.24) is 10.3 Å². The van der Waals surface area contributed by atoms with E-state index in [2.05, 4.69) is 10.3 Å². The van der Waals surface area contributed by atoms with E-state index in [0.29, 0.717) is 23.7 Å². The molecule has 6 nitrogen and oxygen atoms in total. The highest BCUT2D eigenvalue weighted by Gasteiger charge is 2.09. The molecule has 0 spiro atoms. The summed E-state index contributed by atoms with van der Waals surface area (Å²) in [5.41, 5.74) is 0.0359. The summed E-state index contributed by atoms with van der Waals surface area (Å²) in [4.78, 5) is 26.2. The lowest BCUT2D eigenvalue weighted by Gasteiger charge is -2.06. The molecular formula is C14H14N2O4S. The lowest BCUT2D eigenvalue weighted by atomic mass is 10.3. The Labute approximate surface area is 125 Å². The van der Waals surface area contributed by atoms with E-state index in [9.17, 15) is 9.59 Å². The molecule has 21 heavy (non-hydrogen) atoms. The molecule has 0 atom stereocenters. The van der Waals surface area contributed by atoms with Crippen molar-refractivity contribution in [2.75, 3.05) is 13.2 Å². The lowest BCUT2D eigenvalue weighted by molar-refractivity contribution is -0.123. The molecule has 1 amide bonds. The summed E-state index contributed by atoms with van der Waals surface area (Å²) < 4.78 is 5.30. The number of benzene rings is 1. The van der Waals surface area contributed by atoms with Crippen molar-refractivity contribution in [3.05, 3.63) is 46.4 Å². The number of carboxylic acid groups (broad SMARTS) is 1. The van der Waals surface area contributed by atoms with Gasteiger partial charge in [0.05, 0.1) is 5.01 Å². The Hall–Kier alpha value is -2.41. The Balaban J connectivity index is 1.68. The molecule has 7 heteroatoms. The predicted molar refractivity (Wildman–Crippen MR) is 77.7 cm³/mol. The number of nitrogens with zero attached hydrogens (tertiary/aromatic N) is 1. The highest BCUT2D eigenvalue weighted by atomic mass is 32.1. The Morgan fingerprint density at radius 2 is 2.05 bits per heavy atom. The van der Waals surface area contributed by atoms with Crippen molar-refractivity contribution in [3.63, 3.8) is 0 Å². The predicted octanol–water partition coefficient (Wildman–Crippen LogP) is 1.58. The first-order valence-corrected chi connectivity index (χ1v) is 7.15. The number of thiazole rings is 1. The first-order valence-electron chi connectivity index (χ1n) is 6.27. The van der Waals surface area contributed by atoms with Gasteiger partial charge in [-0.1, -0.05) is 18.2 Å². The van der Waals surface area contributed by atoms with E-state index < -0.39 is 5.97 Å². The van der Waals surface area contributed by atoms with Gasteiger partial charge < -0.3 is 15.2 Å². The number of rotatable bonds is 7. The second kappa shape index (κ2) is 7.39. The van der Waals surface area contributed by atoms with Crippen LogP contribution in [0.1, 0.15) is 15.5 Å². The Morgan fingerprint density at radius 3 is 2.71 bits per heavy atom. The fourth-order valence-electron chi connectivity index (χ4n) is 1.55. The van der Waals surface area contributed by atoms with E-state index in [-0.39, 0.29) is 18.2 Å².